The van der Waals surface area contributed by atoms with Crippen molar-refractivity contribution in [2.24, 2.45) is 0 Å². The van der Waals surface area contributed by atoms with Gasteiger partial charge in [0.15, 0.2) is 17.3 Å². The fourth-order valence-electron chi connectivity index (χ4n) is 2.42. The number of ether oxygens (including phenoxy) is 2. The molecule has 1 fully saturated rings. The van der Waals surface area contributed by atoms with Gasteiger partial charge in [-0.25, -0.2) is 4.39 Å². The van der Waals surface area contributed by atoms with Crippen LogP contribution in [0.2, 0.25) is 0 Å². The second-order valence-electron chi connectivity index (χ2n) is 5.13. The Morgan fingerprint density at radius 2 is 2.36 bits per heavy atom. The van der Waals surface area contributed by atoms with Crippen molar-refractivity contribution in [1.29, 1.82) is 0 Å². The predicted octanol–water partition coefficient (Wildman–Crippen LogP) is 1.04. The summed E-state index contributed by atoms with van der Waals surface area (Å²) in [4.78, 5) is 16.2. The van der Waals surface area contributed by atoms with Crippen LogP contribution in [0.4, 0.5) is 4.39 Å². The van der Waals surface area contributed by atoms with Crippen LogP contribution in [0.15, 0.2) is 48.4 Å². The van der Waals surface area contributed by atoms with Crippen LogP contribution in [0.3, 0.4) is 0 Å². The van der Waals surface area contributed by atoms with Crippen LogP contribution in [0.5, 0.6) is 0 Å². The summed E-state index contributed by atoms with van der Waals surface area (Å²) in [5, 5.41) is 2.89. The van der Waals surface area contributed by atoms with Gasteiger partial charge >= 0.3 is 0 Å². The monoisotopic (exact) mass is 305 g/mol. The van der Waals surface area contributed by atoms with Gasteiger partial charge in [0.2, 0.25) is 6.41 Å². The molecule has 0 aromatic carbocycles. The van der Waals surface area contributed by atoms with Gasteiger partial charge in [-0.1, -0.05) is 6.07 Å². The van der Waals surface area contributed by atoms with Crippen molar-refractivity contribution in [3.63, 3.8) is 0 Å². The summed E-state index contributed by atoms with van der Waals surface area (Å²) in [6, 6.07) is 3.60. The van der Waals surface area contributed by atoms with Gasteiger partial charge < -0.3 is 19.7 Å². The second-order valence-corrected chi connectivity index (χ2v) is 5.13. The molecule has 1 aromatic rings. The number of aromatic nitrogens is 1. The number of hydrogen-bond acceptors (Lipinski definition) is 5. The molecule has 1 saturated heterocycles. The standard InChI is InChI=1S/C15H16FN3O3/c1-21-15(11-3-2-4-17-6-11)5-14(13(16)7-18-15)22-12-8-19(9-12)10-20/h2-7,10,12,18H,8-9H2,1H3. The molecule has 1 amide bonds. The lowest BCUT2D eigenvalue weighted by molar-refractivity contribution is -0.128. The van der Waals surface area contributed by atoms with Crippen LogP contribution in [0, 0.1) is 0 Å². The smallest absolute Gasteiger partial charge is 0.209 e. The minimum absolute atomic E-state index is 0.0972. The highest BCUT2D eigenvalue weighted by atomic mass is 19.1. The number of likely N-dealkylation sites (tertiary alicyclic amines) is 1. The van der Waals surface area contributed by atoms with Crippen molar-refractivity contribution in [3.8, 4) is 0 Å². The van der Waals surface area contributed by atoms with Crippen molar-refractivity contribution in [2.75, 3.05) is 20.2 Å². The second kappa shape index (κ2) is 5.76. The Kier molecular flexibility index (Phi) is 3.81. The van der Waals surface area contributed by atoms with E-state index in [4.69, 9.17) is 9.47 Å². The molecule has 0 saturated carbocycles. The van der Waals surface area contributed by atoms with Crippen molar-refractivity contribution in [3.05, 3.63) is 54.0 Å². The van der Waals surface area contributed by atoms with E-state index in [1.807, 2.05) is 6.07 Å². The Hall–Kier alpha value is -2.41. The maximum absolute atomic E-state index is 14.0. The Bertz CT molecular complexity index is 614. The highest BCUT2D eigenvalue weighted by molar-refractivity contribution is 5.49. The normalized spacial score (nSPS) is 24.7. The SMILES string of the molecule is COC1(c2cccnc2)C=C(OC2CN(C=O)C2)C(F)=CN1. The lowest BCUT2D eigenvalue weighted by atomic mass is 10.0. The number of amides is 1. The molecule has 1 unspecified atom stereocenters. The molecule has 1 atom stereocenters. The van der Waals surface area contributed by atoms with Gasteiger partial charge in [-0.05, 0) is 6.07 Å². The zero-order valence-corrected chi connectivity index (χ0v) is 12.0. The molecule has 116 valence electrons. The van der Waals surface area contributed by atoms with Gasteiger partial charge in [-0.15, -0.1) is 0 Å². The third-order valence-electron chi connectivity index (χ3n) is 3.71. The summed E-state index contributed by atoms with van der Waals surface area (Å²) in [6.07, 6.45) is 6.58. The number of hydrogen-bond donors (Lipinski definition) is 1. The lowest BCUT2D eigenvalue weighted by Gasteiger charge is -2.38. The first-order chi connectivity index (χ1) is 10.7. The highest BCUT2D eigenvalue weighted by Gasteiger charge is 2.36. The van der Waals surface area contributed by atoms with Gasteiger partial charge in [0, 0.05) is 37.3 Å². The molecule has 6 nitrogen and oxygen atoms in total. The summed E-state index contributed by atoms with van der Waals surface area (Å²) in [7, 11) is 1.52. The van der Waals surface area contributed by atoms with E-state index in [-0.39, 0.29) is 11.9 Å². The molecular weight excluding hydrogens is 289 g/mol. The Morgan fingerprint density at radius 3 is 3.00 bits per heavy atom. The van der Waals surface area contributed by atoms with Crippen LogP contribution in [0.1, 0.15) is 5.56 Å². The number of carbonyl (C=O) groups excluding carboxylic acids is 1. The molecule has 0 bridgehead atoms. The van der Waals surface area contributed by atoms with Crippen LogP contribution >= 0.6 is 0 Å². The van der Waals surface area contributed by atoms with Gasteiger partial charge in [0.25, 0.3) is 0 Å². The van der Waals surface area contributed by atoms with E-state index in [9.17, 15) is 9.18 Å². The highest BCUT2D eigenvalue weighted by Crippen LogP contribution is 2.32. The molecule has 0 aliphatic carbocycles. The molecule has 2 aliphatic heterocycles. The average Bonchev–Trinajstić information content (AvgIpc) is 2.53. The van der Waals surface area contributed by atoms with Gasteiger partial charge in [0.1, 0.15) is 6.10 Å². The van der Waals surface area contributed by atoms with E-state index in [1.54, 1.807) is 29.4 Å². The number of nitrogens with zero attached hydrogens (tertiary/aromatic N) is 2. The van der Waals surface area contributed by atoms with Crippen molar-refractivity contribution >= 4 is 6.41 Å². The first-order valence-electron chi connectivity index (χ1n) is 6.85. The Morgan fingerprint density at radius 1 is 1.55 bits per heavy atom. The van der Waals surface area contributed by atoms with E-state index >= 15 is 0 Å². The number of allylic oxidation sites excluding steroid dienone is 1. The number of carbonyl (C=O) groups is 1. The first-order valence-corrected chi connectivity index (χ1v) is 6.85. The summed E-state index contributed by atoms with van der Waals surface area (Å²) < 4.78 is 25.2. The zero-order chi connectivity index (χ0) is 15.6. The van der Waals surface area contributed by atoms with Crippen molar-refractivity contribution in [1.82, 2.24) is 15.2 Å². The fourth-order valence-corrected chi connectivity index (χ4v) is 2.42. The minimum atomic E-state index is -1.03. The number of methoxy groups -OCH3 is 1. The number of pyridine rings is 1. The van der Waals surface area contributed by atoms with Crippen LogP contribution < -0.4 is 5.32 Å². The summed E-state index contributed by atoms with van der Waals surface area (Å²) >= 11 is 0. The molecule has 2 aliphatic rings. The Labute approximate surface area is 127 Å². The Balaban J connectivity index is 1.83. The van der Waals surface area contributed by atoms with Crippen molar-refractivity contribution in [2.45, 2.75) is 11.8 Å². The van der Waals surface area contributed by atoms with Crippen LogP contribution in [-0.2, 0) is 20.0 Å². The molecule has 3 rings (SSSR count). The largest absolute Gasteiger partial charge is 0.484 e. The molecule has 0 spiro atoms. The molecule has 7 heteroatoms. The topological polar surface area (TPSA) is 63.7 Å². The molecular formula is C15H16FN3O3. The maximum atomic E-state index is 14.0. The van der Waals surface area contributed by atoms with Crippen molar-refractivity contribution < 1.29 is 18.7 Å². The zero-order valence-electron chi connectivity index (χ0n) is 12.0. The number of dihydropyridines is 1. The summed E-state index contributed by atoms with van der Waals surface area (Å²) in [5.74, 6) is -0.416. The maximum Gasteiger partial charge on any atom is 0.209 e. The van der Waals surface area contributed by atoms with E-state index in [0.717, 1.165) is 12.0 Å². The minimum Gasteiger partial charge on any atom is -0.484 e. The van der Waals surface area contributed by atoms with Gasteiger partial charge in [0.05, 0.1) is 13.1 Å². The molecule has 1 N–H and O–H groups in total. The lowest BCUT2D eigenvalue weighted by Crippen LogP contribution is -2.51. The van der Waals surface area contributed by atoms with E-state index in [2.05, 4.69) is 10.3 Å². The van der Waals surface area contributed by atoms with Gasteiger partial charge in [-0.2, -0.15) is 0 Å². The molecule has 22 heavy (non-hydrogen) atoms. The predicted molar refractivity (Wildman–Crippen MR) is 75.8 cm³/mol. The third-order valence-corrected chi connectivity index (χ3v) is 3.71. The fraction of sp³-hybridized carbons (Fsp3) is 0.333. The van der Waals surface area contributed by atoms with Crippen LogP contribution in [-0.4, -0.2) is 42.6 Å². The summed E-state index contributed by atoms with van der Waals surface area (Å²) in [6.45, 7) is 0.906. The van der Waals surface area contributed by atoms with E-state index < -0.39 is 11.6 Å². The average molecular weight is 305 g/mol. The van der Waals surface area contributed by atoms with Crippen LogP contribution in [0.25, 0.3) is 0 Å². The molecule has 0 radical (unpaired) electrons. The third kappa shape index (κ3) is 2.55. The molecule has 3 heterocycles. The summed E-state index contributed by atoms with van der Waals surface area (Å²) in [5.41, 5.74) is -0.307. The quantitative estimate of drug-likeness (QED) is 0.823. The number of nitrogens with one attached hydrogen (secondary N) is 1. The number of halogens is 1. The molecule has 1 aromatic heterocycles. The number of rotatable bonds is 5. The van der Waals surface area contributed by atoms with Gasteiger partial charge in [-0.3, -0.25) is 9.78 Å². The first kappa shape index (κ1) is 14.5. The van der Waals surface area contributed by atoms with E-state index in [0.29, 0.717) is 13.1 Å². The van der Waals surface area contributed by atoms with E-state index in [1.165, 1.54) is 13.3 Å².